The number of amides is 2. The summed E-state index contributed by atoms with van der Waals surface area (Å²) in [6.45, 7) is 1.56. The van der Waals surface area contributed by atoms with Crippen molar-refractivity contribution in [2.45, 2.75) is 18.4 Å². The first-order valence-electron chi connectivity index (χ1n) is 9.94. The van der Waals surface area contributed by atoms with Crippen LogP contribution in [0.2, 0.25) is 5.15 Å². The number of nitrogens with two attached hydrogens (primary N) is 2. The fraction of sp³-hybridized carbons (Fsp3) is 0.286. The first kappa shape index (κ1) is 21.4. The lowest BCUT2D eigenvalue weighted by molar-refractivity contribution is -0.126. The highest BCUT2D eigenvalue weighted by molar-refractivity contribution is 6.31. The van der Waals surface area contributed by atoms with E-state index in [9.17, 15) is 9.59 Å². The van der Waals surface area contributed by atoms with Gasteiger partial charge in [0.25, 0.3) is 11.8 Å². The van der Waals surface area contributed by atoms with Crippen LogP contribution in [0, 0.1) is 11.8 Å². The summed E-state index contributed by atoms with van der Waals surface area (Å²) in [5.74, 6) is 4.94. The number of piperidine rings is 1. The second-order valence-corrected chi connectivity index (χ2v) is 7.92. The van der Waals surface area contributed by atoms with E-state index in [4.69, 9.17) is 23.1 Å². The number of hydrogen-bond donors (Lipinski definition) is 4. The van der Waals surface area contributed by atoms with Crippen molar-refractivity contribution in [2.75, 3.05) is 31.1 Å². The Hall–Kier alpha value is -3.84. The first-order chi connectivity index (χ1) is 15.3. The van der Waals surface area contributed by atoms with Gasteiger partial charge >= 0.3 is 0 Å². The number of carbonyl (C=O) groups excluding carboxylic acids is 2. The molecule has 1 aromatic heterocycles. The molecular formula is C21H21ClN8O2. The van der Waals surface area contributed by atoms with Crippen molar-refractivity contribution in [2.24, 2.45) is 4.99 Å². The lowest BCUT2D eigenvalue weighted by Gasteiger charge is -2.38. The van der Waals surface area contributed by atoms with E-state index >= 15 is 0 Å². The van der Waals surface area contributed by atoms with E-state index in [1.807, 2.05) is 30.3 Å². The molecule has 1 aromatic carbocycles. The van der Waals surface area contributed by atoms with Crippen LogP contribution in [0.25, 0.3) is 0 Å². The minimum Gasteiger partial charge on any atom is -0.382 e. The van der Waals surface area contributed by atoms with Gasteiger partial charge in [0.1, 0.15) is 0 Å². The van der Waals surface area contributed by atoms with E-state index in [-0.39, 0.29) is 33.9 Å². The predicted molar refractivity (Wildman–Crippen MR) is 121 cm³/mol. The molecule has 2 aromatic rings. The number of nitrogens with one attached hydrogen (secondary N) is 2. The van der Waals surface area contributed by atoms with E-state index in [0.29, 0.717) is 38.4 Å². The molecule has 0 unspecified atom stereocenters. The number of carbonyl (C=O) groups is 2. The van der Waals surface area contributed by atoms with Crippen molar-refractivity contribution in [3.63, 3.8) is 0 Å². The number of benzene rings is 1. The number of guanidine groups is 1. The van der Waals surface area contributed by atoms with Crippen LogP contribution < -0.4 is 22.1 Å². The number of likely N-dealkylation sites (tertiary alicyclic amines) is 1. The Balaban J connectivity index is 1.32. The predicted octanol–water partition coefficient (Wildman–Crippen LogP) is 0.396. The summed E-state index contributed by atoms with van der Waals surface area (Å²) >= 11 is 5.84. The number of halogens is 1. The quantitative estimate of drug-likeness (QED) is 0.457. The molecule has 0 atom stereocenters. The molecule has 1 fully saturated rings. The highest BCUT2D eigenvalue weighted by atomic mass is 35.5. The third-order valence-corrected chi connectivity index (χ3v) is 5.65. The molecule has 32 heavy (non-hydrogen) atoms. The summed E-state index contributed by atoms with van der Waals surface area (Å²) < 4.78 is 0. The second-order valence-electron chi connectivity index (χ2n) is 7.57. The van der Waals surface area contributed by atoms with Gasteiger partial charge in [0.05, 0.1) is 12.1 Å². The minimum absolute atomic E-state index is 0.0502. The van der Waals surface area contributed by atoms with Crippen LogP contribution in [0.1, 0.15) is 28.9 Å². The first-order valence-corrected chi connectivity index (χ1v) is 10.3. The molecule has 6 N–H and O–H groups in total. The Bertz CT molecular complexity index is 1150. The molecule has 0 bridgehead atoms. The van der Waals surface area contributed by atoms with Gasteiger partial charge in [0, 0.05) is 24.6 Å². The van der Waals surface area contributed by atoms with Crippen molar-refractivity contribution >= 4 is 41.0 Å². The van der Waals surface area contributed by atoms with Gasteiger partial charge in [-0.05, 0) is 25.0 Å². The zero-order chi connectivity index (χ0) is 22.7. The van der Waals surface area contributed by atoms with Crippen LogP contribution >= 0.6 is 11.6 Å². The van der Waals surface area contributed by atoms with Crippen LogP contribution in [-0.2, 0) is 4.79 Å². The molecule has 0 aliphatic carbocycles. The van der Waals surface area contributed by atoms with Crippen molar-refractivity contribution in [3.8, 4) is 11.8 Å². The van der Waals surface area contributed by atoms with E-state index in [2.05, 4.69) is 37.4 Å². The van der Waals surface area contributed by atoms with Crippen molar-refractivity contribution in [3.05, 3.63) is 46.7 Å². The van der Waals surface area contributed by atoms with Crippen LogP contribution in [0.4, 0.5) is 11.6 Å². The second kappa shape index (κ2) is 8.72. The molecule has 0 saturated carbocycles. The largest absolute Gasteiger partial charge is 0.382 e. The van der Waals surface area contributed by atoms with Gasteiger partial charge in [-0.25, -0.2) is 9.97 Å². The maximum atomic E-state index is 12.5. The molecular weight excluding hydrogens is 432 g/mol. The normalized spacial score (nSPS) is 16.5. The van der Waals surface area contributed by atoms with Gasteiger partial charge in [0.15, 0.2) is 28.4 Å². The lowest BCUT2D eigenvalue weighted by Crippen LogP contribution is -2.56. The van der Waals surface area contributed by atoms with Crippen molar-refractivity contribution in [1.82, 2.24) is 25.5 Å². The Morgan fingerprint density at radius 2 is 1.84 bits per heavy atom. The fourth-order valence-electron chi connectivity index (χ4n) is 3.55. The van der Waals surface area contributed by atoms with E-state index < -0.39 is 5.91 Å². The smallest absolute Gasteiger partial charge is 0.298 e. The van der Waals surface area contributed by atoms with Crippen LogP contribution in [0.3, 0.4) is 0 Å². The highest BCUT2D eigenvalue weighted by Gasteiger charge is 2.40. The Kier molecular flexibility index (Phi) is 5.83. The monoisotopic (exact) mass is 452 g/mol. The molecule has 1 saturated heterocycles. The van der Waals surface area contributed by atoms with E-state index in [1.165, 1.54) is 0 Å². The summed E-state index contributed by atoms with van der Waals surface area (Å²) in [4.78, 5) is 38.7. The average Bonchev–Trinajstić information content (AvgIpc) is 3.17. The third-order valence-electron chi connectivity index (χ3n) is 5.37. The zero-order valence-corrected chi connectivity index (χ0v) is 17.8. The topological polar surface area (TPSA) is 152 Å². The zero-order valence-electron chi connectivity index (χ0n) is 17.1. The minimum atomic E-state index is -0.594. The molecule has 10 nitrogen and oxygen atoms in total. The summed E-state index contributed by atoms with van der Waals surface area (Å²) in [5.41, 5.74) is 11.6. The molecule has 164 valence electrons. The Morgan fingerprint density at radius 3 is 2.56 bits per heavy atom. The number of nitrogen functional groups attached to an aromatic ring is 2. The molecule has 4 rings (SSSR count). The number of rotatable bonds is 1. The summed E-state index contributed by atoms with van der Waals surface area (Å²) in [5, 5.41) is 5.81. The molecule has 11 heteroatoms. The fourth-order valence-corrected chi connectivity index (χ4v) is 3.68. The average molecular weight is 453 g/mol. The van der Waals surface area contributed by atoms with Crippen LogP contribution in [0.15, 0.2) is 35.3 Å². The molecule has 3 heterocycles. The van der Waals surface area contributed by atoms with E-state index in [0.717, 1.165) is 5.56 Å². The van der Waals surface area contributed by atoms with Crippen LogP contribution in [0.5, 0.6) is 0 Å². The maximum Gasteiger partial charge on any atom is 0.298 e. The Labute approximate surface area is 189 Å². The van der Waals surface area contributed by atoms with Gasteiger partial charge in [-0.3, -0.25) is 19.9 Å². The molecule has 0 radical (unpaired) electrons. The van der Waals surface area contributed by atoms with E-state index in [1.54, 1.807) is 4.90 Å². The standard InChI is InChI=1S/C21H21ClN8O2/c22-16-18(24)27-17(23)15(26-16)19(32)28-20-25-12-21(29-20)8-10-30(11-9-21)14(31)7-6-13-4-2-1-3-5-13/h1-5H,8-12H2,(H4,23,24,27)(H2,25,28,29,32). The number of aromatic nitrogens is 2. The van der Waals surface area contributed by atoms with Gasteiger partial charge in [-0.1, -0.05) is 35.7 Å². The highest BCUT2D eigenvalue weighted by Crippen LogP contribution is 2.26. The summed E-state index contributed by atoms with van der Waals surface area (Å²) in [6.07, 6.45) is 1.34. The number of nitrogens with zero attached hydrogens (tertiary/aromatic N) is 4. The SMILES string of the molecule is Nc1nc(N)c(C(=O)NC2=NCC3(CCN(C(=O)C#Cc4ccccc4)CC3)N2)nc1Cl. The van der Waals surface area contributed by atoms with Gasteiger partial charge < -0.3 is 21.7 Å². The number of hydrogen-bond acceptors (Lipinski definition) is 8. The summed E-state index contributed by atoms with van der Waals surface area (Å²) in [7, 11) is 0. The van der Waals surface area contributed by atoms with Gasteiger partial charge in [0.2, 0.25) is 0 Å². The third kappa shape index (κ3) is 4.58. The van der Waals surface area contributed by atoms with Crippen molar-refractivity contribution < 1.29 is 9.59 Å². The van der Waals surface area contributed by atoms with Gasteiger partial charge in [-0.2, -0.15) is 0 Å². The molecule has 2 aliphatic rings. The molecule has 2 amide bonds. The van der Waals surface area contributed by atoms with Crippen LogP contribution in [-0.4, -0.2) is 57.8 Å². The number of anilines is 2. The molecule has 2 aliphatic heterocycles. The van der Waals surface area contributed by atoms with Gasteiger partial charge in [-0.15, -0.1) is 0 Å². The Morgan fingerprint density at radius 1 is 1.12 bits per heavy atom. The summed E-state index contributed by atoms with van der Waals surface area (Å²) in [6, 6.07) is 9.38. The number of aliphatic imine (C=N–C) groups is 1. The van der Waals surface area contributed by atoms with Crippen molar-refractivity contribution in [1.29, 1.82) is 0 Å². The molecule has 1 spiro atoms. The maximum absolute atomic E-state index is 12.5. The lowest BCUT2D eigenvalue weighted by atomic mass is 9.88.